The summed E-state index contributed by atoms with van der Waals surface area (Å²) in [6.07, 6.45) is 0. The molecule has 0 aliphatic rings. The van der Waals surface area contributed by atoms with Crippen LogP contribution in [0.25, 0.3) is 21.8 Å². The Morgan fingerprint density at radius 3 is 1.74 bits per heavy atom. The van der Waals surface area contributed by atoms with E-state index >= 15 is 0 Å². The fourth-order valence-electron chi connectivity index (χ4n) is 1.94. The number of benzene rings is 2. The smallest absolute Gasteiger partial charge is 0.121 e. The van der Waals surface area contributed by atoms with Crippen molar-refractivity contribution in [2.75, 3.05) is 0 Å². The molecule has 0 bridgehead atoms. The number of rotatable bonds is 0. The van der Waals surface area contributed by atoms with Crippen molar-refractivity contribution in [2.45, 2.75) is 0 Å². The molecule has 1 heterocycles. The molecule has 1 N–H and O–H groups in total. The summed E-state index contributed by atoms with van der Waals surface area (Å²) in [5.41, 5.74) is 1.10. The fraction of sp³-hybridized carbons (Fsp3) is 0. The fourth-order valence-corrected chi connectivity index (χ4v) is 2.27. The number of aromatic nitrogens is 2. The second-order valence-corrected chi connectivity index (χ2v) is 4.84. The van der Waals surface area contributed by atoms with Gasteiger partial charge in [0.1, 0.15) is 5.36 Å². The number of fused-ring (bicyclic) bond motifs is 2. The summed E-state index contributed by atoms with van der Waals surface area (Å²) in [6.45, 7) is 0. The summed E-state index contributed by atoms with van der Waals surface area (Å²) >= 11 is 11.9. The molecule has 0 fully saturated rings. The van der Waals surface area contributed by atoms with Gasteiger partial charge in [-0.1, -0.05) is 28.4 Å². The van der Waals surface area contributed by atoms with E-state index in [1.807, 2.05) is 0 Å². The molecule has 0 spiro atoms. The van der Waals surface area contributed by atoms with E-state index in [9.17, 15) is 5.21 Å². The maximum atomic E-state index is 9.29. The Kier molecular flexibility index (Phi) is 2.97. The van der Waals surface area contributed by atoms with Crippen molar-refractivity contribution in [3.8, 4) is 0 Å². The van der Waals surface area contributed by atoms with Crippen LogP contribution in [0.5, 0.6) is 0 Å². The van der Waals surface area contributed by atoms with Crippen LogP contribution in [0, 0.1) is 0 Å². The average Bonchev–Trinajstić information content (AvgIpc) is 2.54. The van der Waals surface area contributed by atoms with Crippen LogP contribution in [-0.4, -0.2) is 15.4 Å². The van der Waals surface area contributed by atoms with E-state index in [1.165, 1.54) is 0 Å². The van der Waals surface area contributed by atoms with Gasteiger partial charge >= 0.3 is 0 Å². The van der Waals surface area contributed by atoms with Crippen LogP contribution < -0.4 is 5.36 Å². The molecule has 94 valence electrons. The maximum absolute atomic E-state index is 9.29. The van der Waals surface area contributed by atoms with Gasteiger partial charge in [-0.2, -0.15) is 0 Å². The van der Waals surface area contributed by atoms with Crippen molar-refractivity contribution in [1.29, 1.82) is 0 Å². The van der Waals surface area contributed by atoms with Crippen molar-refractivity contribution < 1.29 is 5.21 Å². The first-order valence-electron chi connectivity index (χ1n) is 5.42. The minimum Gasteiger partial charge on any atom is -0.410 e. The Bertz CT molecular complexity index is 797. The van der Waals surface area contributed by atoms with Gasteiger partial charge in [0, 0.05) is 20.8 Å². The number of nitrogens with zero attached hydrogens (tertiary/aromatic N) is 3. The van der Waals surface area contributed by atoms with Crippen LogP contribution in [0.1, 0.15) is 0 Å². The molecular weight excluding hydrogens is 285 g/mol. The second-order valence-electron chi connectivity index (χ2n) is 3.97. The van der Waals surface area contributed by atoms with Gasteiger partial charge in [0.15, 0.2) is 0 Å². The summed E-state index contributed by atoms with van der Waals surface area (Å²) in [5.74, 6) is 0. The van der Waals surface area contributed by atoms with Gasteiger partial charge in [0.05, 0.1) is 11.0 Å². The first-order chi connectivity index (χ1) is 9.19. The summed E-state index contributed by atoms with van der Waals surface area (Å²) < 4.78 is 0. The molecule has 3 aromatic rings. The van der Waals surface area contributed by atoms with Gasteiger partial charge < -0.3 is 5.21 Å². The molecule has 3 rings (SSSR count). The minimum atomic E-state index is 0.392. The molecule has 0 saturated carbocycles. The predicted octanol–water partition coefficient (Wildman–Crippen LogP) is 3.38. The zero-order chi connectivity index (χ0) is 13.4. The standard InChI is InChI=1S/C13H7Cl2N3O/c14-7-1-3-9-11(5-7)16-17-12-6-8(15)2-4-10(12)13(9)18-19/h1-6,19H. The Labute approximate surface area is 117 Å². The Morgan fingerprint density at radius 2 is 1.32 bits per heavy atom. The van der Waals surface area contributed by atoms with Crippen molar-refractivity contribution >= 4 is 45.0 Å². The molecule has 0 aliphatic heterocycles. The highest BCUT2D eigenvalue weighted by molar-refractivity contribution is 6.31. The van der Waals surface area contributed by atoms with Gasteiger partial charge in [-0.05, 0) is 36.4 Å². The van der Waals surface area contributed by atoms with Crippen LogP contribution in [0.3, 0.4) is 0 Å². The van der Waals surface area contributed by atoms with Crippen LogP contribution in [0.4, 0.5) is 0 Å². The van der Waals surface area contributed by atoms with Crippen molar-refractivity contribution in [2.24, 2.45) is 5.16 Å². The van der Waals surface area contributed by atoms with E-state index in [0.29, 0.717) is 37.2 Å². The molecule has 0 amide bonds. The predicted molar refractivity (Wildman–Crippen MR) is 74.4 cm³/mol. The lowest BCUT2D eigenvalue weighted by Crippen LogP contribution is -2.01. The quantitative estimate of drug-likeness (QED) is 0.510. The van der Waals surface area contributed by atoms with Gasteiger partial charge in [-0.3, -0.25) is 0 Å². The van der Waals surface area contributed by atoms with Crippen LogP contribution in [0.2, 0.25) is 10.0 Å². The maximum Gasteiger partial charge on any atom is 0.121 e. The average molecular weight is 292 g/mol. The summed E-state index contributed by atoms with van der Waals surface area (Å²) in [4.78, 5) is 0. The summed E-state index contributed by atoms with van der Waals surface area (Å²) in [7, 11) is 0. The Morgan fingerprint density at radius 1 is 0.842 bits per heavy atom. The van der Waals surface area contributed by atoms with Crippen molar-refractivity contribution in [1.82, 2.24) is 10.2 Å². The van der Waals surface area contributed by atoms with E-state index < -0.39 is 0 Å². The number of hydrogen-bond acceptors (Lipinski definition) is 4. The third-order valence-corrected chi connectivity index (χ3v) is 3.27. The molecule has 19 heavy (non-hydrogen) atoms. The zero-order valence-corrected chi connectivity index (χ0v) is 11.0. The topological polar surface area (TPSA) is 58.4 Å². The molecule has 0 atom stereocenters. The molecular formula is C13H7Cl2N3O. The monoisotopic (exact) mass is 291 g/mol. The van der Waals surface area contributed by atoms with E-state index in [4.69, 9.17) is 23.2 Å². The van der Waals surface area contributed by atoms with Crippen LogP contribution in [-0.2, 0) is 0 Å². The SMILES string of the molecule is ON=c1c2ccc(Cl)cc2nnc2cc(Cl)ccc12. The third kappa shape index (κ3) is 2.09. The van der Waals surface area contributed by atoms with Crippen LogP contribution in [0.15, 0.2) is 41.6 Å². The lowest BCUT2D eigenvalue weighted by Gasteiger charge is -1.94. The first-order valence-corrected chi connectivity index (χ1v) is 6.18. The largest absolute Gasteiger partial charge is 0.410 e. The van der Waals surface area contributed by atoms with E-state index in [2.05, 4.69) is 15.4 Å². The van der Waals surface area contributed by atoms with E-state index in [1.54, 1.807) is 36.4 Å². The second kappa shape index (κ2) is 4.64. The van der Waals surface area contributed by atoms with E-state index in [-0.39, 0.29) is 0 Å². The van der Waals surface area contributed by atoms with Crippen molar-refractivity contribution in [3.63, 3.8) is 0 Å². The molecule has 0 saturated heterocycles. The van der Waals surface area contributed by atoms with Gasteiger partial charge in [0.2, 0.25) is 0 Å². The Balaban J connectivity index is 2.64. The molecule has 0 unspecified atom stereocenters. The summed E-state index contributed by atoms with van der Waals surface area (Å²) in [5, 5.41) is 23.7. The molecule has 0 radical (unpaired) electrons. The molecule has 6 heteroatoms. The first kappa shape index (κ1) is 12.1. The van der Waals surface area contributed by atoms with Crippen molar-refractivity contribution in [3.05, 3.63) is 51.8 Å². The van der Waals surface area contributed by atoms with Gasteiger partial charge in [-0.15, -0.1) is 10.2 Å². The van der Waals surface area contributed by atoms with E-state index in [0.717, 1.165) is 0 Å². The number of hydrogen-bond donors (Lipinski definition) is 1. The molecule has 0 aliphatic carbocycles. The lowest BCUT2D eigenvalue weighted by atomic mass is 10.1. The van der Waals surface area contributed by atoms with Gasteiger partial charge in [-0.25, -0.2) is 0 Å². The highest BCUT2D eigenvalue weighted by Gasteiger charge is 2.05. The zero-order valence-electron chi connectivity index (χ0n) is 9.51. The summed E-state index contributed by atoms with van der Waals surface area (Å²) in [6, 6.07) is 10.2. The number of halogens is 2. The van der Waals surface area contributed by atoms with Gasteiger partial charge in [0.25, 0.3) is 0 Å². The normalized spacial score (nSPS) is 10.8. The Hall–Kier alpha value is -1.91. The minimum absolute atomic E-state index is 0.392. The molecule has 2 aromatic carbocycles. The van der Waals surface area contributed by atoms with Crippen LogP contribution >= 0.6 is 23.2 Å². The third-order valence-electron chi connectivity index (χ3n) is 2.80. The molecule has 1 aromatic heterocycles. The molecule has 4 nitrogen and oxygen atoms in total. The lowest BCUT2D eigenvalue weighted by molar-refractivity contribution is 0.304. The highest BCUT2D eigenvalue weighted by atomic mass is 35.5. The highest BCUT2D eigenvalue weighted by Crippen LogP contribution is 2.18.